The number of amides is 1. The number of aromatic nitrogens is 3. The molecule has 1 aliphatic carbocycles. The molecule has 14 heteroatoms. The van der Waals surface area contributed by atoms with Crippen LogP contribution < -0.4 is 5.32 Å². The second-order valence-electron chi connectivity index (χ2n) is 11.0. The van der Waals surface area contributed by atoms with E-state index in [4.69, 9.17) is 11.6 Å². The number of fused-ring (bicyclic) bond motifs is 1. The molecule has 2 heterocycles. The number of hydrogen-bond donors (Lipinski definition) is 2. The number of hydrogen-bond acceptors (Lipinski definition) is 8. The number of anilines is 2. The van der Waals surface area contributed by atoms with Crippen LogP contribution in [0.1, 0.15) is 37.7 Å². The van der Waals surface area contributed by atoms with Crippen molar-refractivity contribution in [1.29, 1.82) is 0 Å². The van der Waals surface area contributed by atoms with Gasteiger partial charge in [-0.05, 0) is 42.7 Å². The van der Waals surface area contributed by atoms with Gasteiger partial charge in [-0.3, -0.25) is 10.1 Å². The number of nitrogens with one attached hydrogen (secondary N) is 1. The zero-order valence-electron chi connectivity index (χ0n) is 24.4. The SMILES string of the molecule is O=C(O)N(Cc1ccc([N+](=O)[O-])c(Nc2ncc(Cl)c(-c3cn(S(=O)(=O)c4ccccc4)c4ccccc34)n2)c1)C1CCCCC1. The Labute approximate surface area is 269 Å². The van der Waals surface area contributed by atoms with E-state index in [1.807, 2.05) is 0 Å². The van der Waals surface area contributed by atoms with Crippen molar-refractivity contribution < 1.29 is 23.2 Å². The third kappa shape index (κ3) is 6.11. The number of nitro benzene ring substituents is 1. The Morgan fingerprint density at radius 3 is 2.50 bits per heavy atom. The van der Waals surface area contributed by atoms with Crippen molar-refractivity contribution >= 4 is 55.9 Å². The molecule has 0 atom stereocenters. The van der Waals surface area contributed by atoms with Gasteiger partial charge in [-0.25, -0.2) is 27.2 Å². The van der Waals surface area contributed by atoms with Crippen LogP contribution in [0.5, 0.6) is 0 Å². The highest BCUT2D eigenvalue weighted by Crippen LogP contribution is 2.37. The van der Waals surface area contributed by atoms with Crippen molar-refractivity contribution in [2.45, 2.75) is 49.6 Å². The lowest BCUT2D eigenvalue weighted by atomic mass is 9.94. The van der Waals surface area contributed by atoms with Crippen LogP contribution in [-0.2, 0) is 16.6 Å². The smallest absolute Gasteiger partial charge is 0.407 e. The quantitative estimate of drug-likeness (QED) is 0.121. The van der Waals surface area contributed by atoms with Gasteiger partial charge in [-0.1, -0.05) is 73.3 Å². The molecule has 5 aromatic rings. The van der Waals surface area contributed by atoms with Crippen molar-refractivity contribution in [3.8, 4) is 11.3 Å². The molecule has 6 rings (SSSR count). The molecule has 2 N–H and O–H groups in total. The molecule has 0 aliphatic heterocycles. The Kier molecular flexibility index (Phi) is 8.61. The molecule has 12 nitrogen and oxygen atoms in total. The Morgan fingerprint density at radius 1 is 1.07 bits per heavy atom. The van der Waals surface area contributed by atoms with Gasteiger partial charge in [0.25, 0.3) is 15.7 Å². The van der Waals surface area contributed by atoms with Crippen LogP contribution >= 0.6 is 11.6 Å². The maximum absolute atomic E-state index is 13.6. The fourth-order valence-corrected chi connectivity index (χ4v) is 7.45. The van der Waals surface area contributed by atoms with Gasteiger partial charge < -0.3 is 15.3 Å². The Hall–Kier alpha value is -5.01. The minimum atomic E-state index is -3.97. The van der Waals surface area contributed by atoms with Crippen LogP contribution in [0.4, 0.5) is 22.1 Å². The largest absolute Gasteiger partial charge is 0.465 e. The van der Waals surface area contributed by atoms with Gasteiger partial charge in [0.2, 0.25) is 5.95 Å². The molecule has 46 heavy (non-hydrogen) atoms. The summed E-state index contributed by atoms with van der Waals surface area (Å²) in [5, 5.41) is 25.5. The lowest BCUT2D eigenvalue weighted by molar-refractivity contribution is -0.383. The molecule has 1 amide bonds. The van der Waals surface area contributed by atoms with Gasteiger partial charge in [0.1, 0.15) is 5.69 Å². The molecule has 0 bridgehead atoms. The number of benzene rings is 3. The van der Waals surface area contributed by atoms with E-state index in [9.17, 15) is 28.4 Å². The second kappa shape index (κ2) is 12.8. The number of carbonyl (C=O) groups is 1. The summed E-state index contributed by atoms with van der Waals surface area (Å²) in [4.78, 5) is 33.8. The Morgan fingerprint density at radius 2 is 1.78 bits per heavy atom. The van der Waals surface area contributed by atoms with Gasteiger partial charge in [0.15, 0.2) is 0 Å². The molecule has 2 aromatic heterocycles. The van der Waals surface area contributed by atoms with Crippen LogP contribution in [0, 0.1) is 10.1 Å². The van der Waals surface area contributed by atoms with Crippen molar-refractivity contribution in [2.75, 3.05) is 5.32 Å². The van der Waals surface area contributed by atoms with Gasteiger partial charge in [0, 0.05) is 35.8 Å². The second-order valence-corrected chi connectivity index (χ2v) is 13.2. The molecule has 3 aromatic carbocycles. The highest BCUT2D eigenvalue weighted by Gasteiger charge is 2.27. The van der Waals surface area contributed by atoms with Crippen LogP contribution in [0.25, 0.3) is 22.2 Å². The predicted octanol–water partition coefficient (Wildman–Crippen LogP) is 7.45. The van der Waals surface area contributed by atoms with Crippen molar-refractivity contribution in [1.82, 2.24) is 18.8 Å². The number of nitro groups is 1. The molecule has 0 saturated heterocycles. The third-order valence-electron chi connectivity index (χ3n) is 8.10. The fourth-order valence-electron chi connectivity index (χ4n) is 5.86. The van der Waals surface area contributed by atoms with Crippen LogP contribution in [0.3, 0.4) is 0 Å². The van der Waals surface area contributed by atoms with Gasteiger partial charge >= 0.3 is 6.09 Å². The summed E-state index contributed by atoms with van der Waals surface area (Å²) in [6.45, 7) is 0.0643. The van der Waals surface area contributed by atoms with E-state index in [1.165, 1.54) is 51.6 Å². The summed E-state index contributed by atoms with van der Waals surface area (Å²) >= 11 is 6.56. The lowest BCUT2D eigenvalue weighted by Gasteiger charge is -2.32. The highest BCUT2D eigenvalue weighted by molar-refractivity contribution is 7.90. The third-order valence-corrected chi connectivity index (χ3v) is 10.1. The van der Waals surface area contributed by atoms with Crippen molar-refractivity contribution in [2.24, 2.45) is 0 Å². The van der Waals surface area contributed by atoms with Crippen LogP contribution in [-0.4, -0.2) is 49.4 Å². The molecule has 1 saturated carbocycles. The number of nitrogens with zero attached hydrogens (tertiary/aromatic N) is 5. The number of halogens is 1. The van der Waals surface area contributed by atoms with Crippen LogP contribution in [0.2, 0.25) is 5.02 Å². The van der Waals surface area contributed by atoms with Crippen molar-refractivity contribution in [3.05, 3.63) is 106 Å². The summed E-state index contributed by atoms with van der Waals surface area (Å²) < 4.78 is 28.4. The Bertz CT molecular complexity index is 2050. The fraction of sp³-hybridized carbons (Fsp3) is 0.219. The molecule has 0 unspecified atom stereocenters. The van der Waals surface area contributed by atoms with Crippen LogP contribution in [0.15, 0.2) is 90.1 Å². The predicted molar refractivity (Wildman–Crippen MR) is 174 cm³/mol. The van der Waals surface area contributed by atoms with E-state index < -0.39 is 21.0 Å². The van der Waals surface area contributed by atoms with E-state index in [-0.39, 0.29) is 45.5 Å². The topological polar surface area (TPSA) is 161 Å². The molecule has 1 fully saturated rings. The lowest BCUT2D eigenvalue weighted by Crippen LogP contribution is -2.40. The zero-order valence-corrected chi connectivity index (χ0v) is 26.0. The number of para-hydroxylation sites is 1. The minimum Gasteiger partial charge on any atom is -0.465 e. The summed E-state index contributed by atoms with van der Waals surface area (Å²) in [7, 11) is -3.97. The summed E-state index contributed by atoms with van der Waals surface area (Å²) in [6, 6.07) is 19.2. The monoisotopic (exact) mass is 660 g/mol. The van der Waals surface area contributed by atoms with Gasteiger partial charge in [-0.15, -0.1) is 0 Å². The van der Waals surface area contributed by atoms with Gasteiger partial charge in [0.05, 0.1) is 32.2 Å². The molecule has 1 aliphatic rings. The van der Waals surface area contributed by atoms with E-state index in [1.54, 1.807) is 42.5 Å². The van der Waals surface area contributed by atoms with Crippen molar-refractivity contribution in [3.63, 3.8) is 0 Å². The van der Waals surface area contributed by atoms with E-state index in [0.29, 0.717) is 22.0 Å². The molecule has 0 spiro atoms. The maximum Gasteiger partial charge on any atom is 0.407 e. The summed E-state index contributed by atoms with van der Waals surface area (Å²) in [5.41, 5.74) is 1.41. The molecule has 0 radical (unpaired) electrons. The normalized spacial score (nSPS) is 13.8. The number of rotatable bonds is 9. The number of carboxylic acid groups (broad SMARTS) is 1. The highest BCUT2D eigenvalue weighted by atomic mass is 35.5. The molecule has 236 valence electrons. The summed E-state index contributed by atoms with van der Waals surface area (Å²) in [5.74, 6) is -0.0234. The van der Waals surface area contributed by atoms with E-state index in [2.05, 4.69) is 15.3 Å². The maximum atomic E-state index is 13.6. The average Bonchev–Trinajstić information content (AvgIpc) is 3.45. The first-order valence-corrected chi connectivity index (χ1v) is 16.4. The summed E-state index contributed by atoms with van der Waals surface area (Å²) in [6.07, 6.45) is 6.25. The zero-order chi connectivity index (χ0) is 32.4. The molecular formula is C32H29ClN6O6S. The Balaban J connectivity index is 1.37. The standard InChI is InChI=1S/C32H29ClN6O6S/c33-26-18-34-31(35-27-17-21(15-16-29(27)39(42)43)19-37(32(40)41)22-9-3-1-4-10-22)36-30(26)25-20-38(28-14-8-7-13-24(25)28)46(44,45)23-11-5-2-6-12-23/h2,5-8,11-18,20,22H,1,3-4,9-10,19H2,(H,40,41)(H,34,35,36). The van der Waals surface area contributed by atoms with Gasteiger partial charge in [-0.2, -0.15) is 0 Å². The van der Waals surface area contributed by atoms with E-state index in [0.717, 1.165) is 32.1 Å². The average molecular weight is 661 g/mol. The first-order chi connectivity index (χ1) is 22.1. The minimum absolute atomic E-state index is 0.0234. The van der Waals surface area contributed by atoms with E-state index >= 15 is 0 Å². The first-order valence-electron chi connectivity index (χ1n) is 14.6. The first kappa shape index (κ1) is 31.0. The molecular weight excluding hydrogens is 632 g/mol.